The van der Waals surface area contributed by atoms with Crippen molar-refractivity contribution in [3.8, 4) is 6.07 Å². The summed E-state index contributed by atoms with van der Waals surface area (Å²) >= 11 is 12.3. The number of carbonyl (C=O) groups excluding carboxylic acids is 1. The van der Waals surface area contributed by atoms with E-state index in [0.29, 0.717) is 21.3 Å². The summed E-state index contributed by atoms with van der Waals surface area (Å²) < 4.78 is 28.0. The number of amides is 1. The summed E-state index contributed by atoms with van der Waals surface area (Å²) in [6.45, 7) is 1.34. The number of aryl methyl sites for hydroxylation is 1. The second-order valence-corrected chi connectivity index (χ2v) is 11.4. The molecule has 0 spiro atoms. The highest BCUT2D eigenvalue weighted by molar-refractivity contribution is 7.89. The molecule has 35 heavy (non-hydrogen) atoms. The zero-order valence-corrected chi connectivity index (χ0v) is 21.3. The third-order valence-electron chi connectivity index (χ3n) is 6.03. The van der Waals surface area contributed by atoms with Crippen LogP contribution in [0.1, 0.15) is 29.5 Å². The van der Waals surface area contributed by atoms with E-state index in [4.69, 9.17) is 23.2 Å². The number of halogens is 2. The molecule has 3 aromatic rings. The molecule has 180 valence electrons. The van der Waals surface area contributed by atoms with Crippen molar-refractivity contribution < 1.29 is 13.2 Å². The molecule has 0 unspecified atom stereocenters. The van der Waals surface area contributed by atoms with Crippen LogP contribution in [0.4, 0.5) is 5.69 Å². The second-order valence-electron chi connectivity index (χ2n) is 8.64. The first-order valence-electron chi connectivity index (χ1n) is 11.0. The summed E-state index contributed by atoms with van der Waals surface area (Å²) in [5, 5.41) is 12.9. The number of sulfonamides is 1. The van der Waals surface area contributed by atoms with Gasteiger partial charge in [0.25, 0.3) is 0 Å². The maximum atomic E-state index is 13.5. The van der Waals surface area contributed by atoms with Gasteiger partial charge in [0.1, 0.15) is 0 Å². The van der Waals surface area contributed by atoms with Crippen LogP contribution in [0.3, 0.4) is 0 Å². The number of carbonyl (C=O) groups is 1. The Morgan fingerprint density at radius 2 is 1.71 bits per heavy atom. The molecule has 0 aliphatic heterocycles. The lowest BCUT2D eigenvalue weighted by atomic mass is 9.98. The van der Waals surface area contributed by atoms with E-state index in [-0.39, 0.29) is 11.4 Å². The molecule has 9 heteroatoms. The van der Waals surface area contributed by atoms with Gasteiger partial charge in [-0.05, 0) is 67.3 Å². The first kappa shape index (κ1) is 25.2. The lowest BCUT2D eigenvalue weighted by Gasteiger charge is -2.23. The molecule has 3 aromatic carbocycles. The summed E-state index contributed by atoms with van der Waals surface area (Å²) in [5.41, 5.74) is 2.46. The zero-order chi connectivity index (χ0) is 25.2. The van der Waals surface area contributed by atoms with Gasteiger partial charge in [-0.2, -0.15) is 9.57 Å². The molecule has 0 aromatic heterocycles. The molecular weight excluding hydrogens is 505 g/mol. The largest absolute Gasteiger partial charge is 0.325 e. The summed E-state index contributed by atoms with van der Waals surface area (Å²) in [5.74, 6) is -0.500. The highest BCUT2D eigenvalue weighted by Crippen LogP contribution is 2.47. The average Bonchev–Trinajstić information content (AvgIpc) is 3.62. The Balaban J connectivity index is 1.56. The van der Waals surface area contributed by atoms with Crippen molar-refractivity contribution in [3.63, 3.8) is 0 Å². The molecule has 1 aliphatic carbocycles. The highest BCUT2D eigenvalue weighted by atomic mass is 35.5. The standard InChI is InChI=1S/C26H23Cl2N3O3S/c1-18-2-10-23(11-3-18)35(33,34)31(15-19-4-7-21(27)14-24(19)28)16-25(32)30-22-8-5-20(6-9-22)26(17-29)12-13-26/h2-11,14H,12-13,15-16H2,1H3,(H,30,32). The number of nitriles is 1. The van der Waals surface area contributed by atoms with Crippen LogP contribution >= 0.6 is 23.2 Å². The Bertz CT molecular complexity index is 1400. The van der Waals surface area contributed by atoms with Crippen LogP contribution in [-0.2, 0) is 26.8 Å². The molecular formula is C26H23Cl2N3O3S. The Morgan fingerprint density at radius 3 is 2.29 bits per heavy atom. The van der Waals surface area contributed by atoms with Gasteiger partial charge in [0.15, 0.2) is 0 Å². The van der Waals surface area contributed by atoms with E-state index in [0.717, 1.165) is 28.3 Å². The summed E-state index contributed by atoms with van der Waals surface area (Å²) in [6, 6.07) is 20.7. The summed E-state index contributed by atoms with van der Waals surface area (Å²) in [4.78, 5) is 13.0. The molecule has 1 amide bonds. The fourth-order valence-corrected chi connectivity index (χ4v) is 5.59. The number of benzene rings is 3. The number of nitrogens with one attached hydrogen (secondary N) is 1. The maximum absolute atomic E-state index is 13.5. The van der Waals surface area contributed by atoms with E-state index in [9.17, 15) is 18.5 Å². The lowest BCUT2D eigenvalue weighted by Crippen LogP contribution is -2.37. The minimum absolute atomic E-state index is 0.0802. The van der Waals surface area contributed by atoms with Crippen molar-refractivity contribution in [2.75, 3.05) is 11.9 Å². The van der Waals surface area contributed by atoms with E-state index in [1.165, 1.54) is 18.2 Å². The first-order valence-corrected chi connectivity index (χ1v) is 13.1. The van der Waals surface area contributed by atoms with Gasteiger partial charge >= 0.3 is 0 Å². The van der Waals surface area contributed by atoms with Crippen LogP contribution < -0.4 is 5.32 Å². The van der Waals surface area contributed by atoms with Gasteiger partial charge in [0, 0.05) is 22.3 Å². The molecule has 0 bridgehead atoms. The van der Waals surface area contributed by atoms with Gasteiger partial charge in [-0.15, -0.1) is 0 Å². The topological polar surface area (TPSA) is 90.3 Å². The lowest BCUT2D eigenvalue weighted by molar-refractivity contribution is -0.116. The summed E-state index contributed by atoms with van der Waals surface area (Å²) in [7, 11) is -4.01. The normalized spacial score (nSPS) is 14.4. The molecule has 6 nitrogen and oxygen atoms in total. The Hall–Kier alpha value is -2.89. The van der Waals surface area contributed by atoms with Gasteiger partial charge in [-0.25, -0.2) is 8.42 Å². The number of nitrogens with zero attached hydrogens (tertiary/aromatic N) is 2. The van der Waals surface area contributed by atoms with E-state index < -0.39 is 27.9 Å². The van der Waals surface area contributed by atoms with Crippen LogP contribution in [0.5, 0.6) is 0 Å². The van der Waals surface area contributed by atoms with Crippen molar-refractivity contribution in [2.24, 2.45) is 0 Å². The zero-order valence-electron chi connectivity index (χ0n) is 19.0. The SMILES string of the molecule is Cc1ccc(S(=O)(=O)N(CC(=O)Nc2ccc(C3(C#N)CC3)cc2)Cc2ccc(Cl)cc2Cl)cc1. The third-order valence-corrected chi connectivity index (χ3v) is 8.42. The molecule has 1 fully saturated rings. The monoisotopic (exact) mass is 527 g/mol. The summed E-state index contributed by atoms with van der Waals surface area (Å²) in [6.07, 6.45) is 1.66. The maximum Gasteiger partial charge on any atom is 0.243 e. The predicted molar refractivity (Wildman–Crippen MR) is 137 cm³/mol. The highest BCUT2D eigenvalue weighted by Gasteiger charge is 2.44. The molecule has 1 aliphatic rings. The quantitative estimate of drug-likeness (QED) is 0.407. The Morgan fingerprint density at radius 1 is 1.06 bits per heavy atom. The number of hydrogen-bond donors (Lipinski definition) is 1. The van der Waals surface area contributed by atoms with Gasteiger partial charge < -0.3 is 5.32 Å². The smallest absolute Gasteiger partial charge is 0.243 e. The molecule has 1 N–H and O–H groups in total. The second kappa shape index (κ2) is 10.00. The minimum Gasteiger partial charge on any atom is -0.325 e. The molecule has 4 rings (SSSR count). The van der Waals surface area contributed by atoms with Crippen molar-refractivity contribution in [2.45, 2.75) is 36.6 Å². The fraction of sp³-hybridized carbons (Fsp3) is 0.231. The van der Waals surface area contributed by atoms with Crippen LogP contribution in [0.25, 0.3) is 0 Å². The average molecular weight is 528 g/mol. The fourth-order valence-electron chi connectivity index (χ4n) is 3.75. The van der Waals surface area contributed by atoms with E-state index in [1.807, 2.05) is 19.1 Å². The van der Waals surface area contributed by atoms with Gasteiger partial charge in [-0.3, -0.25) is 4.79 Å². The molecule has 0 atom stereocenters. The van der Waals surface area contributed by atoms with E-state index >= 15 is 0 Å². The number of hydrogen-bond acceptors (Lipinski definition) is 4. The van der Waals surface area contributed by atoms with Crippen LogP contribution in [0.15, 0.2) is 71.6 Å². The predicted octanol–water partition coefficient (Wildman–Crippen LogP) is 5.69. The number of rotatable bonds is 8. The van der Waals surface area contributed by atoms with Crippen molar-refractivity contribution in [1.29, 1.82) is 5.26 Å². The Labute approximate surface area is 215 Å². The van der Waals surface area contributed by atoms with Crippen LogP contribution in [0, 0.1) is 18.3 Å². The molecule has 0 heterocycles. The first-order chi connectivity index (χ1) is 16.6. The third kappa shape index (κ3) is 5.68. The van der Waals surface area contributed by atoms with Gasteiger partial charge in [0.2, 0.25) is 15.9 Å². The molecule has 1 saturated carbocycles. The molecule has 0 radical (unpaired) electrons. The van der Waals surface area contributed by atoms with Crippen molar-refractivity contribution in [3.05, 3.63) is 93.5 Å². The van der Waals surface area contributed by atoms with Gasteiger partial charge in [-0.1, -0.05) is 59.1 Å². The van der Waals surface area contributed by atoms with E-state index in [1.54, 1.807) is 36.4 Å². The van der Waals surface area contributed by atoms with Crippen molar-refractivity contribution >= 4 is 44.8 Å². The Kier molecular flexibility index (Phi) is 7.20. The molecule has 0 saturated heterocycles. The van der Waals surface area contributed by atoms with E-state index in [2.05, 4.69) is 11.4 Å². The minimum atomic E-state index is -4.01. The van der Waals surface area contributed by atoms with Crippen molar-refractivity contribution in [1.82, 2.24) is 4.31 Å². The van der Waals surface area contributed by atoms with Crippen LogP contribution in [0.2, 0.25) is 10.0 Å². The number of anilines is 1. The van der Waals surface area contributed by atoms with Crippen LogP contribution in [-0.4, -0.2) is 25.2 Å². The van der Waals surface area contributed by atoms with Gasteiger partial charge in [0.05, 0.1) is 22.9 Å².